The Morgan fingerprint density at radius 1 is 0.950 bits per heavy atom. The fourth-order valence-electron chi connectivity index (χ4n) is 3.11. The van der Waals surface area contributed by atoms with Gasteiger partial charge in [-0.15, -0.1) is 0 Å². The number of carbonyl (C=O) groups is 2. The molecule has 0 aliphatic carbocycles. The van der Waals surface area contributed by atoms with Gasteiger partial charge in [-0.3, -0.25) is 4.79 Å². The van der Waals surface area contributed by atoms with Crippen LogP contribution in [0.4, 0.5) is 4.79 Å². The van der Waals surface area contributed by atoms with Crippen LogP contribution in [0, 0.1) is 10.8 Å². The highest BCUT2D eigenvalue weighted by atomic mass is 16.4. The highest BCUT2D eigenvalue weighted by molar-refractivity contribution is 5.79. The van der Waals surface area contributed by atoms with Gasteiger partial charge in [0.25, 0.3) is 0 Å². The molecule has 0 radical (unpaired) electrons. The number of likely N-dealkylation sites (tertiary alicyclic amines) is 2. The number of carbonyl (C=O) groups excluding carboxylic acids is 1. The number of aliphatic carboxylic acids is 1. The van der Waals surface area contributed by atoms with E-state index >= 15 is 0 Å². The predicted molar refractivity (Wildman–Crippen MR) is 76.5 cm³/mol. The normalized spacial score (nSPS) is 30.1. The smallest absolute Gasteiger partial charge is 0.320 e. The minimum Gasteiger partial charge on any atom is -0.481 e. The van der Waals surface area contributed by atoms with Gasteiger partial charge in [-0.05, 0) is 38.0 Å². The van der Waals surface area contributed by atoms with Gasteiger partial charge in [-0.25, -0.2) is 4.79 Å². The Balaban J connectivity index is 1.97. The minimum atomic E-state index is -0.801. The lowest BCUT2D eigenvalue weighted by atomic mass is 9.85. The number of carboxylic acid groups (broad SMARTS) is 1. The van der Waals surface area contributed by atoms with Gasteiger partial charge in [0.1, 0.15) is 0 Å². The first-order chi connectivity index (χ1) is 9.23. The standard InChI is InChI=1S/C15H26N2O3/c1-14(2)5-4-8-16(9-6-14)13(20)17-10-7-15(3,11-17)12(18)19/h4-11H2,1-3H3,(H,18,19). The summed E-state index contributed by atoms with van der Waals surface area (Å²) in [6.07, 6.45) is 3.74. The van der Waals surface area contributed by atoms with E-state index in [-0.39, 0.29) is 6.03 Å². The fraction of sp³-hybridized carbons (Fsp3) is 0.867. The van der Waals surface area contributed by atoms with E-state index in [9.17, 15) is 14.7 Å². The number of hydrogen-bond acceptors (Lipinski definition) is 2. The van der Waals surface area contributed by atoms with E-state index < -0.39 is 11.4 Å². The van der Waals surface area contributed by atoms with Crippen molar-refractivity contribution in [1.29, 1.82) is 0 Å². The number of nitrogens with zero attached hydrogens (tertiary/aromatic N) is 2. The van der Waals surface area contributed by atoms with Crippen molar-refractivity contribution in [2.75, 3.05) is 26.2 Å². The summed E-state index contributed by atoms with van der Waals surface area (Å²) in [6.45, 7) is 8.70. The summed E-state index contributed by atoms with van der Waals surface area (Å²) in [4.78, 5) is 27.4. The summed E-state index contributed by atoms with van der Waals surface area (Å²) < 4.78 is 0. The quantitative estimate of drug-likeness (QED) is 0.803. The second-order valence-electron chi connectivity index (χ2n) is 7.32. The highest BCUT2D eigenvalue weighted by Gasteiger charge is 2.43. The molecule has 2 aliphatic rings. The van der Waals surface area contributed by atoms with E-state index in [0.717, 1.165) is 32.4 Å². The van der Waals surface area contributed by atoms with Crippen LogP contribution in [-0.2, 0) is 4.79 Å². The lowest BCUT2D eigenvalue weighted by molar-refractivity contribution is -0.147. The molecule has 2 rings (SSSR count). The number of hydrogen-bond donors (Lipinski definition) is 1. The maximum atomic E-state index is 12.5. The predicted octanol–water partition coefficient (Wildman–Crippen LogP) is 2.42. The van der Waals surface area contributed by atoms with E-state index in [1.54, 1.807) is 11.8 Å². The number of amides is 2. The maximum absolute atomic E-state index is 12.5. The Kier molecular flexibility index (Phi) is 3.98. The third kappa shape index (κ3) is 3.07. The van der Waals surface area contributed by atoms with Crippen molar-refractivity contribution in [2.45, 2.75) is 46.5 Å². The fourth-order valence-corrected chi connectivity index (χ4v) is 3.11. The van der Waals surface area contributed by atoms with Crippen LogP contribution in [-0.4, -0.2) is 53.1 Å². The van der Waals surface area contributed by atoms with Crippen LogP contribution in [0.15, 0.2) is 0 Å². The highest BCUT2D eigenvalue weighted by Crippen LogP contribution is 2.33. The van der Waals surface area contributed by atoms with Crippen molar-refractivity contribution >= 4 is 12.0 Å². The van der Waals surface area contributed by atoms with E-state index in [4.69, 9.17) is 0 Å². The monoisotopic (exact) mass is 282 g/mol. The molecule has 2 heterocycles. The van der Waals surface area contributed by atoms with E-state index in [2.05, 4.69) is 13.8 Å². The molecule has 0 saturated carbocycles. The Morgan fingerprint density at radius 2 is 1.60 bits per heavy atom. The summed E-state index contributed by atoms with van der Waals surface area (Å²) in [7, 11) is 0. The van der Waals surface area contributed by atoms with Crippen molar-refractivity contribution in [3.63, 3.8) is 0 Å². The zero-order chi connectivity index (χ0) is 15.0. The molecule has 0 aromatic carbocycles. The molecule has 2 amide bonds. The van der Waals surface area contributed by atoms with Gasteiger partial charge in [0.2, 0.25) is 0 Å². The molecule has 5 heteroatoms. The van der Waals surface area contributed by atoms with Gasteiger partial charge in [0, 0.05) is 26.2 Å². The first-order valence-electron chi connectivity index (χ1n) is 7.51. The molecule has 20 heavy (non-hydrogen) atoms. The zero-order valence-electron chi connectivity index (χ0n) is 12.8. The Morgan fingerprint density at radius 3 is 2.20 bits per heavy atom. The molecular weight excluding hydrogens is 256 g/mol. The van der Waals surface area contributed by atoms with Crippen molar-refractivity contribution in [3.8, 4) is 0 Å². The molecule has 2 saturated heterocycles. The van der Waals surface area contributed by atoms with Crippen LogP contribution < -0.4 is 0 Å². The molecule has 1 N–H and O–H groups in total. The molecule has 2 fully saturated rings. The topological polar surface area (TPSA) is 60.9 Å². The average Bonchev–Trinajstić information content (AvgIpc) is 2.67. The van der Waals surface area contributed by atoms with Gasteiger partial charge in [-0.1, -0.05) is 13.8 Å². The SMILES string of the molecule is CC1(C)CCCN(C(=O)N2CCC(C)(C(=O)O)C2)CC1. The Labute approximate surface area is 120 Å². The van der Waals surface area contributed by atoms with Crippen LogP contribution in [0.25, 0.3) is 0 Å². The van der Waals surface area contributed by atoms with E-state index in [0.29, 0.717) is 24.9 Å². The van der Waals surface area contributed by atoms with Crippen LogP contribution in [0.1, 0.15) is 46.5 Å². The maximum Gasteiger partial charge on any atom is 0.320 e. The molecule has 0 bridgehead atoms. The van der Waals surface area contributed by atoms with Crippen LogP contribution in [0.2, 0.25) is 0 Å². The molecule has 1 atom stereocenters. The molecule has 5 nitrogen and oxygen atoms in total. The van der Waals surface area contributed by atoms with Crippen LogP contribution in [0.5, 0.6) is 0 Å². The van der Waals surface area contributed by atoms with Crippen molar-refractivity contribution in [1.82, 2.24) is 9.80 Å². The second-order valence-corrected chi connectivity index (χ2v) is 7.32. The second kappa shape index (κ2) is 5.26. The zero-order valence-corrected chi connectivity index (χ0v) is 12.8. The molecule has 114 valence electrons. The minimum absolute atomic E-state index is 0.0210. The molecule has 0 spiro atoms. The molecule has 2 aliphatic heterocycles. The lowest BCUT2D eigenvalue weighted by Gasteiger charge is -2.28. The summed E-state index contributed by atoms with van der Waals surface area (Å²) in [5.41, 5.74) is -0.476. The third-order valence-corrected chi connectivity index (χ3v) is 4.87. The van der Waals surface area contributed by atoms with Gasteiger partial charge in [-0.2, -0.15) is 0 Å². The number of urea groups is 1. The van der Waals surface area contributed by atoms with Crippen molar-refractivity contribution in [3.05, 3.63) is 0 Å². The van der Waals surface area contributed by atoms with Gasteiger partial charge in [0.05, 0.1) is 5.41 Å². The summed E-state index contributed by atoms with van der Waals surface area (Å²) >= 11 is 0. The van der Waals surface area contributed by atoms with Gasteiger partial charge in [0.15, 0.2) is 0 Å². The summed E-state index contributed by atoms with van der Waals surface area (Å²) in [5.74, 6) is -0.801. The molecule has 1 unspecified atom stereocenters. The van der Waals surface area contributed by atoms with Crippen LogP contribution in [0.3, 0.4) is 0 Å². The summed E-state index contributed by atoms with van der Waals surface area (Å²) in [5, 5.41) is 9.24. The third-order valence-electron chi connectivity index (χ3n) is 4.87. The van der Waals surface area contributed by atoms with Crippen molar-refractivity contribution < 1.29 is 14.7 Å². The van der Waals surface area contributed by atoms with Gasteiger partial charge >= 0.3 is 12.0 Å². The largest absolute Gasteiger partial charge is 0.481 e. The Bertz CT molecular complexity index is 408. The summed E-state index contributed by atoms with van der Waals surface area (Å²) in [6, 6.07) is 0.0210. The molecular formula is C15H26N2O3. The molecule has 0 aromatic rings. The number of carboxylic acids is 1. The molecule has 0 aromatic heterocycles. The van der Waals surface area contributed by atoms with Crippen LogP contribution >= 0.6 is 0 Å². The first-order valence-corrected chi connectivity index (χ1v) is 7.51. The lowest BCUT2D eigenvalue weighted by Crippen LogP contribution is -2.44. The first kappa shape index (κ1) is 15.1. The van der Waals surface area contributed by atoms with E-state index in [1.165, 1.54) is 0 Å². The average molecular weight is 282 g/mol. The van der Waals surface area contributed by atoms with Crippen molar-refractivity contribution in [2.24, 2.45) is 10.8 Å². The van der Waals surface area contributed by atoms with E-state index in [1.807, 2.05) is 4.90 Å². The van der Waals surface area contributed by atoms with Gasteiger partial charge < -0.3 is 14.9 Å². The number of rotatable bonds is 1. The Hall–Kier alpha value is -1.26.